The lowest BCUT2D eigenvalue weighted by atomic mass is 9.98. The maximum atomic E-state index is 13.3. The minimum Gasteiger partial charge on any atom is -0.449 e. The number of thioether (sulfide) groups is 2. The molecule has 1 aliphatic rings. The van der Waals surface area contributed by atoms with E-state index in [1.807, 2.05) is 47.1 Å². The van der Waals surface area contributed by atoms with Gasteiger partial charge in [0.05, 0.1) is 12.6 Å². The van der Waals surface area contributed by atoms with E-state index in [2.05, 4.69) is 10.6 Å². The van der Waals surface area contributed by atoms with Crippen molar-refractivity contribution in [1.82, 2.24) is 15.5 Å². The van der Waals surface area contributed by atoms with Crippen molar-refractivity contribution >= 4 is 47.2 Å². The van der Waals surface area contributed by atoms with E-state index < -0.39 is 30.1 Å². The Labute approximate surface area is 207 Å². The number of likely N-dealkylation sites (tertiary alicyclic amines) is 1. The highest BCUT2D eigenvalue weighted by atomic mass is 32.2. The monoisotopic (exact) mass is 503 g/mol. The van der Waals surface area contributed by atoms with Crippen LogP contribution in [0.25, 0.3) is 0 Å². The average molecular weight is 504 g/mol. The largest absolute Gasteiger partial charge is 0.449 e. The molecule has 4 atom stereocenters. The number of carbonyl (C=O) groups is 4. The molecule has 0 spiro atoms. The highest BCUT2D eigenvalue weighted by Crippen LogP contribution is 2.26. The molecular formula is C23H41N3O5S2. The predicted octanol–water partition coefficient (Wildman–Crippen LogP) is 2.94. The predicted molar refractivity (Wildman–Crippen MR) is 136 cm³/mol. The fourth-order valence-corrected chi connectivity index (χ4v) is 4.70. The summed E-state index contributed by atoms with van der Waals surface area (Å²) in [6.07, 6.45) is 4.70. The second kappa shape index (κ2) is 14.8. The molecule has 8 nitrogen and oxygen atoms in total. The number of nitrogens with one attached hydrogen (secondary N) is 2. The van der Waals surface area contributed by atoms with Crippen molar-refractivity contribution in [2.24, 2.45) is 11.8 Å². The molecule has 0 aromatic rings. The van der Waals surface area contributed by atoms with Crippen LogP contribution in [0.5, 0.6) is 0 Å². The number of ether oxygens (including phenoxy) is 1. The number of Topliss-reactive ketones (excluding diaryl/α,β-unsaturated/α-hetero) is 1. The van der Waals surface area contributed by atoms with Gasteiger partial charge < -0.3 is 20.3 Å². The first-order valence-corrected chi connectivity index (χ1v) is 14.4. The van der Waals surface area contributed by atoms with Gasteiger partial charge >= 0.3 is 6.09 Å². The molecule has 0 radical (unpaired) electrons. The van der Waals surface area contributed by atoms with Crippen LogP contribution in [0.4, 0.5) is 4.79 Å². The minimum absolute atomic E-state index is 0.0450. The van der Waals surface area contributed by atoms with Gasteiger partial charge in [-0.1, -0.05) is 27.7 Å². The molecule has 0 aromatic carbocycles. The summed E-state index contributed by atoms with van der Waals surface area (Å²) in [6, 6.07) is -2.15. The Kier molecular flexibility index (Phi) is 13.2. The summed E-state index contributed by atoms with van der Waals surface area (Å²) in [5, 5.41) is 5.45. The number of ketones is 1. The van der Waals surface area contributed by atoms with Crippen molar-refractivity contribution in [2.45, 2.75) is 78.0 Å². The molecule has 1 saturated heterocycles. The van der Waals surface area contributed by atoms with Gasteiger partial charge in [-0.3, -0.25) is 14.4 Å². The van der Waals surface area contributed by atoms with Gasteiger partial charge in [-0.15, -0.1) is 0 Å². The summed E-state index contributed by atoms with van der Waals surface area (Å²) in [5.74, 6) is 0.853. The molecule has 0 bridgehead atoms. The summed E-state index contributed by atoms with van der Waals surface area (Å²) in [6.45, 7) is 9.73. The molecule has 33 heavy (non-hydrogen) atoms. The molecule has 1 heterocycles. The van der Waals surface area contributed by atoms with Crippen LogP contribution in [-0.2, 0) is 19.1 Å². The van der Waals surface area contributed by atoms with E-state index in [-0.39, 0.29) is 36.2 Å². The minimum atomic E-state index is -0.793. The summed E-state index contributed by atoms with van der Waals surface area (Å²) in [7, 11) is 0. The molecule has 2 N–H and O–H groups in total. The number of rotatable bonds is 14. The SMILES string of the molecule is CSCCC(NC(=O)OCC(C)C)C(=O)NC1CC(C)N(C(CCSC)C(=O)C(C)C)C1=O. The fourth-order valence-electron chi connectivity index (χ4n) is 3.77. The van der Waals surface area contributed by atoms with E-state index in [4.69, 9.17) is 4.74 Å². The standard InChI is InChI=1S/C23H41N3O5S2/c1-14(2)13-31-23(30)25-17(8-10-32-6)21(28)24-18-12-16(5)26(22(18)29)19(9-11-33-7)20(27)15(3)4/h14-19H,8-13H2,1-7H3,(H,24,28)(H,25,30). The topological polar surface area (TPSA) is 105 Å². The molecule has 0 saturated carbocycles. The lowest BCUT2D eigenvalue weighted by molar-refractivity contribution is -0.141. The zero-order valence-electron chi connectivity index (χ0n) is 21.0. The normalized spacial score (nSPS) is 20.2. The smallest absolute Gasteiger partial charge is 0.407 e. The first-order chi connectivity index (χ1) is 15.5. The molecule has 1 rings (SSSR count). The lowest BCUT2D eigenvalue weighted by Crippen LogP contribution is -2.53. The molecule has 10 heteroatoms. The van der Waals surface area contributed by atoms with E-state index in [1.54, 1.807) is 28.4 Å². The van der Waals surface area contributed by atoms with Crippen LogP contribution in [0.2, 0.25) is 0 Å². The summed E-state index contributed by atoms with van der Waals surface area (Å²) in [5.41, 5.74) is 0. The van der Waals surface area contributed by atoms with Crippen LogP contribution >= 0.6 is 23.5 Å². The maximum Gasteiger partial charge on any atom is 0.407 e. The Morgan fingerprint density at radius 2 is 1.70 bits per heavy atom. The van der Waals surface area contributed by atoms with Crippen LogP contribution in [0.3, 0.4) is 0 Å². The van der Waals surface area contributed by atoms with Crippen molar-refractivity contribution < 1.29 is 23.9 Å². The van der Waals surface area contributed by atoms with Crippen LogP contribution in [0.1, 0.15) is 53.9 Å². The van der Waals surface area contributed by atoms with E-state index in [0.717, 1.165) is 5.75 Å². The van der Waals surface area contributed by atoms with Crippen LogP contribution in [-0.4, -0.2) is 83.4 Å². The maximum absolute atomic E-state index is 13.3. The molecule has 190 valence electrons. The first kappa shape index (κ1) is 29.6. The third kappa shape index (κ3) is 9.39. The Morgan fingerprint density at radius 3 is 2.24 bits per heavy atom. The molecule has 1 aliphatic heterocycles. The van der Waals surface area contributed by atoms with Gasteiger partial charge in [0, 0.05) is 12.0 Å². The highest BCUT2D eigenvalue weighted by molar-refractivity contribution is 7.98. The van der Waals surface area contributed by atoms with Crippen molar-refractivity contribution in [3.8, 4) is 0 Å². The van der Waals surface area contributed by atoms with Crippen molar-refractivity contribution in [3.05, 3.63) is 0 Å². The van der Waals surface area contributed by atoms with E-state index in [9.17, 15) is 19.2 Å². The van der Waals surface area contributed by atoms with Gasteiger partial charge in [-0.05, 0) is 56.1 Å². The Morgan fingerprint density at radius 1 is 1.09 bits per heavy atom. The third-order valence-corrected chi connectivity index (χ3v) is 6.80. The molecule has 3 amide bonds. The number of nitrogens with zero attached hydrogens (tertiary/aromatic N) is 1. The number of hydrogen-bond donors (Lipinski definition) is 2. The van der Waals surface area contributed by atoms with E-state index in [0.29, 0.717) is 25.0 Å². The number of amides is 3. The number of carbonyl (C=O) groups excluding carboxylic acids is 4. The molecule has 4 unspecified atom stereocenters. The van der Waals surface area contributed by atoms with Gasteiger partial charge in [0.15, 0.2) is 5.78 Å². The van der Waals surface area contributed by atoms with Crippen LogP contribution in [0, 0.1) is 11.8 Å². The Balaban J connectivity index is 2.90. The molecule has 0 aliphatic carbocycles. The second-order valence-corrected chi connectivity index (χ2v) is 11.2. The van der Waals surface area contributed by atoms with Gasteiger partial charge in [0.1, 0.15) is 12.1 Å². The van der Waals surface area contributed by atoms with Crippen molar-refractivity contribution in [3.63, 3.8) is 0 Å². The summed E-state index contributed by atoms with van der Waals surface area (Å²) in [4.78, 5) is 52.9. The molecule has 1 fully saturated rings. The van der Waals surface area contributed by atoms with Crippen LogP contribution < -0.4 is 10.6 Å². The Bertz CT molecular complexity index is 674. The van der Waals surface area contributed by atoms with E-state index in [1.165, 1.54) is 0 Å². The van der Waals surface area contributed by atoms with Gasteiger partial charge in [-0.2, -0.15) is 23.5 Å². The molecular weight excluding hydrogens is 462 g/mol. The number of hydrogen-bond acceptors (Lipinski definition) is 7. The van der Waals surface area contributed by atoms with Gasteiger partial charge in [-0.25, -0.2) is 4.79 Å². The third-order valence-electron chi connectivity index (χ3n) is 5.52. The van der Waals surface area contributed by atoms with Crippen molar-refractivity contribution in [1.29, 1.82) is 0 Å². The lowest BCUT2D eigenvalue weighted by Gasteiger charge is -2.32. The average Bonchev–Trinajstić information content (AvgIpc) is 3.02. The van der Waals surface area contributed by atoms with Crippen LogP contribution in [0.15, 0.2) is 0 Å². The van der Waals surface area contributed by atoms with Crippen molar-refractivity contribution in [2.75, 3.05) is 30.6 Å². The first-order valence-electron chi connectivity index (χ1n) is 11.6. The fraction of sp³-hybridized carbons (Fsp3) is 0.826. The highest BCUT2D eigenvalue weighted by Gasteiger charge is 2.44. The van der Waals surface area contributed by atoms with E-state index >= 15 is 0 Å². The quantitative estimate of drug-likeness (QED) is 0.375. The summed E-state index contributed by atoms with van der Waals surface area (Å²) >= 11 is 3.21. The second-order valence-electron chi connectivity index (χ2n) is 9.22. The number of alkyl carbamates (subject to hydrolysis) is 1. The van der Waals surface area contributed by atoms with Gasteiger partial charge in [0.25, 0.3) is 0 Å². The molecule has 0 aromatic heterocycles. The Hall–Kier alpha value is -1.42. The summed E-state index contributed by atoms with van der Waals surface area (Å²) < 4.78 is 5.16. The van der Waals surface area contributed by atoms with Gasteiger partial charge in [0.2, 0.25) is 11.8 Å². The zero-order chi connectivity index (χ0) is 25.1. The zero-order valence-corrected chi connectivity index (χ0v) is 22.6.